The van der Waals surface area contributed by atoms with Gasteiger partial charge in [-0.15, -0.1) is 0 Å². The van der Waals surface area contributed by atoms with E-state index in [2.05, 4.69) is 56.8 Å². The van der Waals surface area contributed by atoms with Gasteiger partial charge in [-0.2, -0.15) is 0 Å². The average molecular weight is 576 g/mol. The molecule has 1 aromatic rings. The average Bonchev–Trinajstić information content (AvgIpc) is 3.24. The maximum Gasteiger partial charge on any atom is 0.302 e. The number of carbonyl (C=O) groups is 3. The van der Waals surface area contributed by atoms with E-state index in [4.69, 9.17) is 4.74 Å². The molecule has 0 radical (unpaired) electrons. The fraction of sp³-hybridized carbons (Fsp3) is 0.743. The van der Waals surface area contributed by atoms with Gasteiger partial charge in [0.2, 0.25) is 5.91 Å². The van der Waals surface area contributed by atoms with Crippen molar-refractivity contribution in [2.24, 2.45) is 51.2 Å². The Kier molecular flexibility index (Phi) is 7.01. The zero-order valence-electron chi connectivity index (χ0n) is 26.6. The number of esters is 1. The highest BCUT2D eigenvalue weighted by molar-refractivity contribution is 6.09. The Hall–Kier alpha value is -2.57. The highest BCUT2D eigenvalue weighted by Gasteiger charge is 2.67. The third-order valence-corrected chi connectivity index (χ3v) is 13.1. The van der Waals surface area contributed by atoms with Gasteiger partial charge in [0.05, 0.1) is 5.41 Å². The summed E-state index contributed by atoms with van der Waals surface area (Å²) in [5, 5.41) is 3.07. The molecule has 0 spiro atoms. The minimum atomic E-state index is -0.781. The molecule has 228 valence electrons. The normalized spacial score (nSPS) is 40.5. The van der Waals surface area contributed by atoms with Gasteiger partial charge in [0.25, 0.3) is 0 Å². The molecule has 1 heterocycles. The molecule has 1 aromatic heterocycles. The number of allylic oxidation sites excluding steroid dienone is 1. The molecule has 8 atom stereocenters. The number of hydrogen-bond donors (Lipinski definition) is 1. The van der Waals surface area contributed by atoms with Crippen LogP contribution in [0.2, 0.25) is 0 Å². The smallest absolute Gasteiger partial charge is 0.302 e. The van der Waals surface area contributed by atoms with Crippen LogP contribution in [0.15, 0.2) is 29.7 Å². The number of ether oxygens (including phenoxy) is 1. The van der Waals surface area contributed by atoms with Crippen molar-refractivity contribution < 1.29 is 19.1 Å². The van der Waals surface area contributed by atoms with Gasteiger partial charge in [0, 0.05) is 25.0 Å². The third-order valence-electron chi connectivity index (χ3n) is 13.1. The number of nitrogens with one attached hydrogen (secondary N) is 1. The molecule has 4 fully saturated rings. The van der Waals surface area contributed by atoms with E-state index in [0.717, 1.165) is 56.1 Å². The molecule has 42 heavy (non-hydrogen) atoms. The number of aromatic nitrogens is 2. The first-order valence-corrected chi connectivity index (χ1v) is 16.3. The van der Waals surface area contributed by atoms with Crippen molar-refractivity contribution in [3.63, 3.8) is 0 Å². The molecule has 1 N–H and O–H groups in total. The summed E-state index contributed by atoms with van der Waals surface area (Å²) in [5.41, 5.74) is 1.57. The summed E-state index contributed by atoms with van der Waals surface area (Å²) in [6, 6.07) is 1.72. The van der Waals surface area contributed by atoms with Crippen LogP contribution in [0.5, 0.6) is 0 Å². The number of rotatable bonds is 4. The minimum Gasteiger partial charge on any atom is -0.462 e. The van der Waals surface area contributed by atoms with E-state index in [1.165, 1.54) is 13.3 Å². The van der Waals surface area contributed by atoms with Crippen LogP contribution in [-0.2, 0) is 19.1 Å². The zero-order chi connectivity index (χ0) is 30.2. The summed E-state index contributed by atoms with van der Waals surface area (Å²) in [4.78, 5) is 48.0. The molecule has 5 aliphatic rings. The molecule has 0 aromatic carbocycles. The summed E-state index contributed by atoms with van der Waals surface area (Å²) < 4.78 is 5.89. The standard InChI is InChI=1S/C35H49N3O4/c1-20(2)29-24(40)18-35(31(41)38-28-13-17-36-19-37-28)16-10-23-22(30(29)35)8-9-26-33(23,6)14-11-25-32(4,5)27(42-21(3)39)12-15-34(25,26)7/h13,17,19-20,22-23,25-27H,8-12,14-16,18H2,1-7H3,(H,36,37,38,41)/t22?,23?,25?,26?,27-,33?,34?,35+/m0/s1. The van der Waals surface area contributed by atoms with E-state index >= 15 is 0 Å². The molecule has 7 nitrogen and oxygen atoms in total. The summed E-state index contributed by atoms with van der Waals surface area (Å²) >= 11 is 0. The molecule has 1 amide bonds. The number of hydrogen-bond acceptors (Lipinski definition) is 6. The Morgan fingerprint density at radius 2 is 1.71 bits per heavy atom. The van der Waals surface area contributed by atoms with Crippen molar-refractivity contribution in [3.8, 4) is 0 Å². The molecule has 5 aliphatic carbocycles. The molecular weight excluding hydrogens is 526 g/mol. The Balaban J connectivity index is 1.35. The lowest BCUT2D eigenvalue weighted by atomic mass is 9.36. The lowest BCUT2D eigenvalue weighted by Gasteiger charge is -2.68. The number of carbonyl (C=O) groups excluding carboxylic acids is 3. The van der Waals surface area contributed by atoms with Crippen LogP contribution >= 0.6 is 0 Å². The van der Waals surface area contributed by atoms with Crippen LogP contribution in [0, 0.1) is 51.2 Å². The SMILES string of the molecule is CC(=O)O[C@H]1CCC2(C)C3CCC4C5=C(C(C)C)C(=O)C[C@]5(C(=O)Nc5ccncn5)CCC4C3(C)CCC2C1(C)C. The second-order valence-corrected chi connectivity index (χ2v) is 15.7. The first kappa shape index (κ1) is 29.5. The van der Waals surface area contributed by atoms with Crippen LogP contribution in [0.3, 0.4) is 0 Å². The van der Waals surface area contributed by atoms with E-state index < -0.39 is 5.41 Å². The van der Waals surface area contributed by atoms with Crippen LogP contribution in [0.4, 0.5) is 5.82 Å². The second-order valence-electron chi connectivity index (χ2n) is 15.7. The van der Waals surface area contributed by atoms with Crippen molar-refractivity contribution in [1.82, 2.24) is 9.97 Å². The number of anilines is 1. The summed E-state index contributed by atoms with van der Waals surface area (Å²) in [5.74, 6) is 2.28. The quantitative estimate of drug-likeness (QED) is 0.391. The molecule has 6 rings (SSSR count). The van der Waals surface area contributed by atoms with E-state index in [1.54, 1.807) is 12.3 Å². The van der Waals surface area contributed by atoms with Gasteiger partial charge >= 0.3 is 5.97 Å². The van der Waals surface area contributed by atoms with Gasteiger partial charge in [-0.3, -0.25) is 14.4 Å². The Labute approximate surface area is 251 Å². The van der Waals surface area contributed by atoms with E-state index in [-0.39, 0.29) is 58.3 Å². The highest BCUT2D eigenvalue weighted by atomic mass is 16.5. The minimum absolute atomic E-state index is 0.0271. The van der Waals surface area contributed by atoms with Gasteiger partial charge in [-0.1, -0.05) is 41.5 Å². The fourth-order valence-corrected chi connectivity index (χ4v) is 11.6. The van der Waals surface area contributed by atoms with Crippen molar-refractivity contribution in [3.05, 3.63) is 29.7 Å². The zero-order valence-corrected chi connectivity index (χ0v) is 26.6. The van der Waals surface area contributed by atoms with Gasteiger partial charge in [0.15, 0.2) is 5.78 Å². The molecule has 0 bridgehead atoms. The van der Waals surface area contributed by atoms with Gasteiger partial charge < -0.3 is 10.1 Å². The lowest BCUT2D eigenvalue weighted by Crippen LogP contribution is -2.63. The Morgan fingerprint density at radius 1 is 0.976 bits per heavy atom. The summed E-state index contributed by atoms with van der Waals surface area (Å²) in [6.45, 7) is 15.5. The van der Waals surface area contributed by atoms with Crippen LogP contribution in [0.1, 0.15) is 106 Å². The monoisotopic (exact) mass is 575 g/mol. The lowest BCUT2D eigenvalue weighted by molar-refractivity contribution is -0.212. The van der Waals surface area contributed by atoms with E-state index in [9.17, 15) is 14.4 Å². The maximum absolute atomic E-state index is 14.1. The van der Waals surface area contributed by atoms with E-state index in [1.807, 2.05) is 0 Å². The topological polar surface area (TPSA) is 98.2 Å². The predicted octanol–water partition coefficient (Wildman–Crippen LogP) is 6.94. The Morgan fingerprint density at radius 3 is 2.38 bits per heavy atom. The van der Waals surface area contributed by atoms with Crippen molar-refractivity contribution >= 4 is 23.5 Å². The number of amides is 1. The van der Waals surface area contributed by atoms with Crippen LogP contribution < -0.4 is 5.32 Å². The van der Waals surface area contributed by atoms with E-state index in [0.29, 0.717) is 30.0 Å². The predicted molar refractivity (Wildman–Crippen MR) is 161 cm³/mol. The van der Waals surface area contributed by atoms with Gasteiger partial charge in [-0.05, 0) is 109 Å². The van der Waals surface area contributed by atoms with Gasteiger partial charge in [-0.25, -0.2) is 9.97 Å². The molecular formula is C35H49N3O4. The van der Waals surface area contributed by atoms with Crippen molar-refractivity contribution in [1.29, 1.82) is 0 Å². The molecule has 0 aliphatic heterocycles. The first-order chi connectivity index (χ1) is 19.8. The maximum atomic E-state index is 14.1. The van der Waals surface area contributed by atoms with Crippen LogP contribution in [-0.4, -0.2) is 33.7 Å². The molecule has 6 unspecified atom stereocenters. The van der Waals surface area contributed by atoms with Crippen molar-refractivity contribution in [2.45, 2.75) is 112 Å². The number of fused-ring (bicyclic) bond motifs is 7. The number of Topliss-reactive ketones (excluding diaryl/α,β-unsaturated/α-hetero) is 1. The number of nitrogens with zero attached hydrogens (tertiary/aromatic N) is 2. The second kappa shape index (κ2) is 9.99. The summed E-state index contributed by atoms with van der Waals surface area (Å²) in [7, 11) is 0. The fourth-order valence-electron chi connectivity index (χ4n) is 11.6. The van der Waals surface area contributed by atoms with Crippen LogP contribution in [0.25, 0.3) is 0 Å². The van der Waals surface area contributed by atoms with Crippen molar-refractivity contribution in [2.75, 3.05) is 5.32 Å². The third kappa shape index (κ3) is 4.15. The highest BCUT2D eigenvalue weighted by Crippen LogP contribution is 2.73. The summed E-state index contributed by atoms with van der Waals surface area (Å²) in [6.07, 6.45) is 11.4. The number of ketones is 1. The largest absolute Gasteiger partial charge is 0.462 e. The van der Waals surface area contributed by atoms with Gasteiger partial charge in [0.1, 0.15) is 18.2 Å². The molecule has 0 saturated heterocycles. The Bertz CT molecular complexity index is 1320. The first-order valence-electron chi connectivity index (χ1n) is 16.3. The molecule has 4 saturated carbocycles. The molecule has 7 heteroatoms.